The quantitative estimate of drug-likeness (QED) is 0.376. The molecule has 18 heavy (non-hydrogen) atoms. The van der Waals surface area contributed by atoms with E-state index in [1.807, 2.05) is 0 Å². The second kappa shape index (κ2) is 14.2. The maximum absolute atomic E-state index is 10.9. The van der Waals surface area contributed by atoms with E-state index in [0.29, 0.717) is 18.8 Å². The van der Waals surface area contributed by atoms with Crippen molar-refractivity contribution in [2.24, 2.45) is 0 Å². The van der Waals surface area contributed by atoms with Gasteiger partial charge in [-0.05, 0) is 6.54 Å². The normalized spacial score (nSPS) is 8.83. The summed E-state index contributed by atoms with van der Waals surface area (Å²) in [5.41, 5.74) is 0. The first-order chi connectivity index (χ1) is 8.57. The first kappa shape index (κ1) is 19.5. The van der Waals surface area contributed by atoms with Gasteiger partial charge in [-0.2, -0.15) is 18.8 Å². The summed E-state index contributed by atoms with van der Waals surface area (Å²) in [5, 5.41) is 18.5. The zero-order valence-electron chi connectivity index (χ0n) is 9.24. The Labute approximate surface area is 120 Å². The van der Waals surface area contributed by atoms with E-state index in [1.165, 1.54) is 0 Å². The van der Waals surface area contributed by atoms with Gasteiger partial charge in [-0.3, -0.25) is 4.79 Å². The number of hydrogen-bond donors (Lipinski definition) is 1. The fourth-order valence-electron chi connectivity index (χ4n) is 0.673. The molecule has 0 spiro atoms. The molecule has 0 aliphatic rings. The van der Waals surface area contributed by atoms with Gasteiger partial charge in [0.15, 0.2) is 0 Å². The van der Waals surface area contributed by atoms with Gasteiger partial charge in [-0.1, -0.05) is 0 Å². The van der Waals surface area contributed by atoms with E-state index in [0.717, 1.165) is 18.9 Å². The van der Waals surface area contributed by atoms with E-state index in [2.05, 4.69) is 28.6 Å². The Morgan fingerprint density at radius 2 is 1.56 bits per heavy atom. The van der Waals surface area contributed by atoms with Crippen molar-refractivity contribution in [2.45, 2.75) is 0 Å². The molecule has 0 bridgehead atoms. The number of hydrogen-bond acceptors (Lipinski definition) is 5. The van der Waals surface area contributed by atoms with E-state index < -0.39 is 24.3 Å². The van der Waals surface area contributed by atoms with Gasteiger partial charge in [0.25, 0.3) is 5.97 Å². The molecule has 0 saturated heterocycles. The van der Waals surface area contributed by atoms with Gasteiger partial charge in [0.05, 0.1) is 5.91 Å². The fraction of sp³-hybridized carbons (Fsp3) is 0.625. The van der Waals surface area contributed by atoms with Crippen molar-refractivity contribution in [3.05, 3.63) is 16.0 Å². The van der Waals surface area contributed by atoms with Gasteiger partial charge in [0.2, 0.25) is 0 Å². The Morgan fingerprint density at radius 1 is 1.00 bits per heavy atom. The first-order valence-corrected chi connectivity index (χ1v) is 5.93. The van der Waals surface area contributed by atoms with Crippen LogP contribution in [-0.4, -0.2) is 54.8 Å². The first-order valence-electron chi connectivity index (χ1n) is 4.59. The summed E-state index contributed by atoms with van der Waals surface area (Å²) in [5.74, 6) is -2.97. The molecule has 0 aromatic carbocycles. The van der Waals surface area contributed by atoms with Crippen molar-refractivity contribution in [1.82, 2.24) is 0 Å². The molecule has 0 heterocycles. The molecule has 0 fully saturated rings. The minimum atomic E-state index is -1.28. The van der Waals surface area contributed by atoms with Crippen molar-refractivity contribution >= 4 is 30.4 Å². The molecule has 2 amide bonds. The van der Waals surface area contributed by atoms with Crippen LogP contribution < -0.4 is 0 Å². The zero-order valence-corrected chi connectivity index (χ0v) is 11.9. The molecule has 0 aliphatic heterocycles. The van der Waals surface area contributed by atoms with Crippen LogP contribution in [0.25, 0.3) is 16.0 Å². The summed E-state index contributed by atoms with van der Waals surface area (Å²) in [4.78, 5) is 31.8. The molecule has 0 aromatic rings. The number of carbonyl (C=O) groups is 3. The number of rotatable bonds is 7. The number of carboxylic acid groups (broad SMARTS) is 1. The maximum atomic E-state index is 10.9. The molecular weight excluding hydrogens is 349 g/mol. The van der Waals surface area contributed by atoms with Gasteiger partial charge in [-0.15, -0.1) is 6.54 Å². The van der Waals surface area contributed by atoms with E-state index in [-0.39, 0.29) is 6.54 Å². The van der Waals surface area contributed by atoms with Gasteiger partial charge >= 0.3 is 22.4 Å². The molecule has 8 nitrogen and oxygen atoms in total. The Kier molecular flexibility index (Phi) is 15.4. The minimum absolute atomic E-state index is 0.0858. The van der Waals surface area contributed by atoms with E-state index >= 15 is 0 Å². The summed E-state index contributed by atoms with van der Waals surface area (Å²) >= 11 is 5.54. The van der Waals surface area contributed by atoms with Crippen molar-refractivity contribution in [2.75, 3.05) is 31.9 Å². The molecule has 1 N–H and O–H groups in total. The number of aliphatic carboxylic acids is 1. The van der Waals surface area contributed by atoms with Crippen molar-refractivity contribution in [3.8, 4) is 0 Å². The Balaban J connectivity index is 0. The topological polar surface area (TPSA) is 131 Å². The van der Waals surface area contributed by atoms with E-state index in [9.17, 15) is 14.4 Å². The summed E-state index contributed by atoms with van der Waals surface area (Å²) in [6, 6.07) is 0. The number of nitrogens with zero attached hydrogens (tertiary/aromatic N) is 3. The van der Waals surface area contributed by atoms with Crippen molar-refractivity contribution in [1.29, 1.82) is 0 Å². The SMILES string of the molecule is O=C(O)C[N-]C(=O)C(=O)[N-]CC[N-]CC[S-].[O]=[99Tc+4]. The average Bonchev–Trinajstić information content (AvgIpc) is 2.37. The van der Waals surface area contributed by atoms with E-state index in [1.54, 1.807) is 0 Å². The molecular formula is C8H11N3O5STc. The fourth-order valence-corrected chi connectivity index (χ4v) is 0.802. The second-order valence-corrected chi connectivity index (χ2v) is 2.99. The number of carbonyl (C=O) groups excluding carboxylic acids is 2. The predicted molar refractivity (Wildman–Crippen MR) is 60.1 cm³/mol. The van der Waals surface area contributed by atoms with Gasteiger partial charge < -0.3 is 43.3 Å². The summed E-state index contributed by atoms with van der Waals surface area (Å²) in [6.45, 7) is 0.188. The van der Waals surface area contributed by atoms with Crippen LogP contribution in [0.1, 0.15) is 0 Å². The van der Waals surface area contributed by atoms with Gasteiger partial charge in [0, 0.05) is 0 Å². The molecule has 0 radical (unpaired) electrons. The van der Waals surface area contributed by atoms with E-state index in [4.69, 9.17) is 8.61 Å². The van der Waals surface area contributed by atoms with Crippen LogP contribution in [0.5, 0.6) is 0 Å². The molecule has 0 atom stereocenters. The summed E-state index contributed by atoms with van der Waals surface area (Å²) in [7, 11) is 0. The monoisotopic (exact) mass is 360 g/mol. The summed E-state index contributed by atoms with van der Waals surface area (Å²) in [6.07, 6.45) is 0. The third-order valence-corrected chi connectivity index (χ3v) is 1.49. The van der Waals surface area contributed by atoms with Crippen molar-refractivity contribution in [3.63, 3.8) is 0 Å². The van der Waals surface area contributed by atoms with Crippen molar-refractivity contribution < 1.29 is 41.8 Å². The predicted octanol–water partition coefficient (Wildman–Crippen LogP) is -0.329. The average molecular weight is 360 g/mol. The molecule has 0 rings (SSSR count). The molecule has 0 aromatic heterocycles. The third-order valence-electron chi connectivity index (χ3n) is 1.30. The van der Waals surface area contributed by atoms with Crippen LogP contribution in [0.3, 0.4) is 0 Å². The Morgan fingerprint density at radius 3 is 2.06 bits per heavy atom. The van der Waals surface area contributed by atoms with Gasteiger partial charge in [0.1, 0.15) is 5.91 Å². The van der Waals surface area contributed by atoms with Crippen LogP contribution in [0, 0.1) is 0 Å². The van der Waals surface area contributed by atoms with Crippen LogP contribution in [0.15, 0.2) is 0 Å². The van der Waals surface area contributed by atoms with Crippen LogP contribution in [-0.2, 0) is 49.4 Å². The Bertz CT molecular complexity index is 279. The van der Waals surface area contributed by atoms with Crippen LogP contribution in [0.4, 0.5) is 0 Å². The molecule has 0 unspecified atom stereocenters. The molecule has 0 aliphatic carbocycles. The molecule has 10 heteroatoms. The van der Waals surface area contributed by atoms with Crippen LogP contribution >= 0.6 is 0 Å². The van der Waals surface area contributed by atoms with Crippen LogP contribution in [0.2, 0.25) is 0 Å². The number of amides is 2. The second-order valence-electron chi connectivity index (χ2n) is 2.58. The zero-order chi connectivity index (χ0) is 14.4. The standard InChI is InChI=1S/C8H14N3O4S.O.Tc/c12-6(13)5-11-8(15)7(14)10-2-1-9-3-4-16;;/h1-5H2,(H4,10,11,12,13,14,15,16);;/q-1;;+4/p-3/i;;1+1. The third kappa shape index (κ3) is 13.2. The number of carboxylic acids is 1. The molecule has 101 valence electrons. The Hall–Kier alpha value is -0.831. The molecule has 0 saturated carbocycles. The summed E-state index contributed by atoms with van der Waals surface area (Å²) < 4.78 is 8.22. The van der Waals surface area contributed by atoms with Gasteiger partial charge in [-0.25, -0.2) is 0 Å².